The second kappa shape index (κ2) is 6.14. The molecule has 0 atom stereocenters. The van der Waals surface area contributed by atoms with E-state index in [-0.39, 0.29) is 0 Å². The van der Waals surface area contributed by atoms with Crippen molar-refractivity contribution in [2.45, 2.75) is 13.0 Å². The second-order valence-electron chi connectivity index (χ2n) is 3.74. The van der Waals surface area contributed by atoms with Crippen molar-refractivity contribution in [2.75, 3.05) is 12.3 Å². The molecule has 2 aromatic rings. The molecule has 2 heterocycles. The Morgan fingerprint density at radius 3 is 2.94 bits per heavy atom. The fraction of sp³-hybridized carbons (Fsp3) is 0.250. The van der Waals surface area contributed by atoms with Crippen molar-refractivity contribution in [3.8, 4) is 0 Å². The van der Waals surface area contributed by atoms with Gasteiger partial charge in [0.05, 0.1) is 11.9 Å². The Hall–Kier alpha value is -0.910. The van der Waals surface area contributed by atoms with Crippen LogP contribution < -0.4 is 11.1 Å². The Morgan fingerprint density at radius 2 is 2.29 bits per heavy atom. The summed E-state index contributed by atoms with van der Waals surface area (Å²) in [6, 6.07) is 6.00. The number of nitrogens with zero attached hydrogens (tertiary/aromatic N) is 1. The first-order valence-corrected chi connectivity index (χ1v) is 7.05. The molecule has 0 aliphatic heterocycles. The monoisotopic (exact) mass is 311 g/mol. The van der Waals surface area contributed by atoms with Gasteiger partial charge in [-0.3, -0.25) is 4.98 Å². The average Bonchev–Trinajstić information content (AvgIpc) is 2.73. The van der Waals surface area contributed by atoms with Gasteiger partial charge in [0.1, 0.15) is 0 Å². The number of anilines is 1. The van der Waals surface area contributed by atoms with Crippen LogP contribution in [0.25, 0.3) is 0 Å². The van der Waals surface area contributed by atoms with Crippen LogP contribution in [-0.4, -0.2) is 11.5 Å². The Balaban J connectivity index is 1.71. The lowest BCUT2D eigenvalue weighted by Gasteiger charge is -2.03. The molecule has 0 aliphatic rings. The van der Waals surface area contributed by atoms with Crippen LogP contribution in [0.4, 0.5) is 5.69 Å². The molecule has 90 valence electrons. The topological polar surface area (TPSA) is 50.9 Å². The highest BCUT2D eigenvalue weighted by molar-refractivity contribution is 9.10. The first-order valence-electron chi connectivity index (χ1n) is 5.38. The van der Waals surface area contributed by atoms with Crippen molar-refractivity contribution < 1.29 is 0 Å². The van der Waals surface area contributed by atoms with Crippen LogP contribution in [0.1, 0.15) is 10.6 Å². The predicted octanol–water partition coefficient (Wildman–Crippen LogP) is 2.82. The van der Waals surface area contributed by atoms with Gasteiger partial charge < -0.3 is 11.1 Å². The molecule has 0 saturated heterocycles. The Morgan fingerprint density at radius 1 is 1.41 bits per heavy atom. The molecule has 3 nitrogen and oxygen atoms in total. The van der Waals surface area contributed by atoms with Gasteiger partial charge in [0.15, 0.2) is 0 Å². The standard InChI is InChI=1S/C12H14BrN3S/c13-9-5-12(17-8-9)7-15-4-3-11-2-1-10(14)6-16-11/h1-2,5-6,8,15H,3-4,7,14H2. The van der Waals surface area contributed by atoms with Crippen molar-refractivity contribution in [1.29, 1.82) is 0 Å². The van der Waals surface area contributed by atoms with E-state index in [1.165, 1.54) is 4.88 Å². The van der Waals surface area contributed by atoms with Gasteiger partial charge in [-0.05, 0) is 34.1 Å². The molecule has 2 aromatic heterocycles. The zero-order valence-corrected chi connectivity index (χ0v) is 11.7. The van der Waals surface area contributed by atoms with E-state index in [2.05, 4.69) is 37.7 Å². The number of hydrogen-bond acceptors (Lipinski definition) is 4. The Bertz CT molecular complexity index is 467. The van der Waals surface area contributed by atoms with Gasteiger partial charge >= 0.3 is 0 Å². The van der Waals surface area contributed by atoms with Gasteiger partial charge in [-0.15, -0.1) is 11.3 Å². The van der Waals surface area contributed by atoms with Crippen molar-refractivity contribution in [1.82, 2.24) is 10.3 Å². The number of thiophene rings is 1. The summed E-state index contributed by atoms with van der Waals surface area (Å²) in [5.74, 6) is 0. The molecule has 0 radical (unpaired) electrons. The fourth-order valence-electron chi connectivity index (χ4n) is 1.46. The van der Waals surface area contributed by atoms with Crippen molar-refractivity contribution >= 4 is 33.0 Å². The molecular formula is C12H14BrN3S. The van der Waals surface area contributed by atoms with E-state index >= 15 is 0 Å². The molecule has 5 heteroatoms. The van der Waals surface area contributed by atoms with E-state index in [9.17, 15) is 0 Å². The van der Waals surface area contributed by atoms with E-state index in [0.29, 0.717) is 5.69 Å². The number of pyridine rings is 1. The quantitative estimate of drug-likeness (QED) is 0.835. The van der Waals surface area contributed by atoms with Gasteiger partial charge in [0.25, 0.3) is 0 Å². The van der Waals surface area contributed by atoms with Crippen LogP contribution in [0.2, 0.25) is 0 Å². The molecule has 0 saturated carbocycles. The Kier molecular flexibility index (Phi) is 4.53. The largest absolute Gasteiger partial charge is 0.397 e. The fourth-order valence-corrected chi connectivity index (χ4v) is 2.88. The van der Waals surface area contributed by atoms with Gasteiger partial charge in [-0.25, -0.2) is 0 Å². The molecule has 0 fully saturated rings. The van der Waals surface area contributed by atoms with Crippen LogP contribution in [0, 0.1) is 0 Å². The molecule has 17 heavy (non-hydrogen) atoms. The lowest BCUT2D eigenvalue weighted by atomic mass is 10.2. The molecule has 0 amide bonds. The van der Waals surface area contributed by atoms with Crippen LogP contribution in [-0.2, 0) is 13.0 Å². The summed E-state index contributed by atoms with van der Waals surface area (Å²) in [4.78, 5) is 5.59. The number of aromatic nitrogens is 1. The van der Waals surface area contributed by atoms with Crippen molar-refractivity contribution in [3.05, 3.63) is 44.8 Å². The lowest BCUT2D eigenvalue weighted by Crippen LogP contribution is -2.16. The third-order valence-corrected chi connectivity index (χ3v) is 4.02. The van der Waals surface area contributed by atoms with Gasteiger partial charge in [-0.2, -0.15) is 0 Å². The minimum atomic E-state index is 0.713. The highest BCUT2D eigenvalue weighted by Crippen LogP contribution is 2.19. The van der Waals surface area contributed by atoms with Crippen molar-refractivity contribution in [2.24, 2.45) is 0 Å². The van der Waals surface area contributed by atoms with Crippen molar-refractivity contribution in [3.63, 3.8) is 0 Å². The first-order chi connectivity index (χ1) is 8.24. The summed E-state index contributed by atoms with van der Waals surface area (Å²) in [6.07, 6.45) is 2.62. The van der Waals surface area contributed by atoms with Crippen LogP contribution in [0.15, 0.2) is 34.2 Å². The summed E-state index contributed by atoms with van der Waals surface area (Å²) >= 11 is 5.20. The molecule has 3 N–H and O–H groups in total. The van der Waals surface area contributed by atoms with Crippen LogP contribution in [0.5, 0.6) is 0 Å². The molecule has 0 aliphatic carbocycles. The molecular weight excluding hydrogens is 298 g/mol. The molecule has 2 rings (SSSR count). The number of nitrogens with one attached hydrogen (secondary N) is 1. The summed E-state index contributed by atoms with van der Waals surface area (Å²) in [6.45, 7) is 1.83. The molecule has 0 spiro atoms. The average molecular weight is 312 g/mol. The third-order valence-electron chi connectivity index (χ3n) is 2.33. The summed E-state index contributed by atoms with van der Waals surface area (Å²) < 4.78 is 1.15. The first kappa shape index (κ1) is 12.5. The highest BCUT2D eigenvalue weighted by atomic mass is 79.9. The van der Waals surface area contributed by atoms with E-state index in [0.717, 1.165) is 29.7 Å². The zero-order chi connectivity index (χ0) is 12.1. The number of rotatable bonds is 5. The normalized spacial score (nSPS) is 10.6. The second-order valence-corrected chi connectivity index (χ2v) is 5.65. The maximum atomic E-state index is 5.58. The molecule has 0 aromatic carbocycles. The van der Waals surface area contributed by atoms with Gasteiger partial charge in [0, 0.05) is 39.9 Å². The number of hydrogen-bond donors (Lipinski definition) is 2. The van der Waals surface area contributed by atoms with Crippen LogP contribution >= 0.6 is 27.3 Å². The summed E-state index contributed by atoms with van der Waals surface area (Å²) in [5.41, 5.74) is 7.36. The maximum absolute atomic E-state index is 5.58. The lowest BCUT2D eigenvalue weighted by molar-refractivity contribution is 0.686. The minimum absolute atomic E-state index is 0.713. The predicted molar refractivity (Wildman–Crippen MR) is 76.1 cm³/mol. The smallest absolute Gasteiger partial charge is 0.0501 e. The van der Waals surface area contributed by atoms with Gasteiger partial charge in [0.2, 0.25) is 0 Å². The molecule has 0 bridgehead atoms. The van der Waals surface area contributed by atoms with Gasteiger partial charge in [-0.1, -0.05) is 0 Å². The zero-order valence-electron chi connectivity index (χ0n) is 9.32. The third kappa shape index (κ3) is 4.11. The van der Waals surface area contributed by atoms with E-state index in [4.69, 9.17) is 5.73 Å². The highest BCUT2D eigenvalue weighted by Gasteiger charge is 1.98. The summed E-state index contributed by atoms with van der Waals surface area (Å²) in [7, 11) is 0. The number of nitrogens with two attached hydrogens (primary N) is 1. The Labute approximate surface area is 113 Å². The number of halogens is 1. The van der Waals surface area contributed by atoms with E-state index in [1.54, 1.807) is 17.5 Å². The van der Waals surface area contributed by atoms with E-state index in [1.807, 2.05) is 12.1 Å². The molecule has 0 unspecified atom stereocenters. The van der Waals surface area contributed by atoms with E-state index < -0.39 is 0 Å². The minimum Gasteiger partial charge on any atom is -0.397 e. The maximum Gasteiger partial charge on any atom is 0.0501 e. The number of nitrogen functional groups attached to an aromatic ring is 1. The van der Waals surface area contributed by atoms with Crippen LogP contribution in [0.3, 0.4) is 0 Å². The summed E-state index contributed by atoms with van der Waals surface area (Å²) in [5, 5.41) is 5.49. The SMILES string of the molecule is Nc1ccc(CCNCc2cc(Br)cs2)nc1.